The standard InChI is InChI=1S/C15H13N3O2S/c1-11-12(4-2-5-13(11)18(19)20)10-17-8-7-16-15(17)14-6-3-9-21-14/h2-9H,10H2,1H3. The van der Waals surface area contributed by atoms with Crippen LogP contribution in [-0.2, 0) is 6.54 Å². The SMILES string of the molecule is Cc1c(Cn2ccnc2-c2cccs2)cccc1[N+](=O)[O-]. The van der Waals surface area contributed by atoms with Crippen molar-refractivity contribution >= 4 is 17.0 Å². The molecule has 3 rings (SSSR count). The van der Waals surface area contributed by atoms with Crippen molar-refractivity contribution in [1.82, 2.24) is 9.55 Å². The molecule has 1 aromatic carbocycles. The Morgan fingerprint density at radius 3 is 2.90 bits per heavy atom. The Morgan fingerprint density at radius 2 is 2.19 bits per heavy atom. The number of hydrogen-bond donors (Lipinski definition) is 0. The molecule has 0 saturated carbocycles. The van der Waals surface area contributed by atoms with Crippen LogP contribution in [0.2, 0.25) is 0 Å². The van der Waals surface area contributed by atoms with Crippen molar-refractivity contribution in [3.63, 3.8) is 0 Å². The number of benzene rings is 1. The maximum atomic E-state index is 11.0. The van der Waals surface area contributed by atoms with E-state index in [-0.39, 0.29) is 10.6 Å². The molecule has 0 aliphatic carbocycles. The van der Waals surface area contributed by atoms with E-state index in [1.807, 2.05) is 34.3 Å². The van der Waals surface area contributed by atoms with Gasteiger partial charge in [0.25, 0.3) is 5.69 Å². The van der Waals surface area contributed by atoms with E-state index in [1.54, 1.807) is 30.5 Å². The average molecular weight is 299 g/mol. The number of nitrogens with zero attached hydrogens (tertiary/aromatic N) is 3. The van der Waals surface area contributed by atoms with Crippen LogP contribution in [0.3, 0.4) is 0 Å². The van der Waals surface area contributed by atoms with Gasteiger partial charge in [-0.2, -0.15) is 0 Å². The molecule has 0 fully saturated rings. The highest BCUT2D eigenvalue weighted by Crippen LogP contribution is 2.26. The lowest BCUT2D eigenvalue weighted by molar-refractivity contribution is -0.385. The van der Waals surface area contributed by atoms with Gasteiger partial charge in [0.1, 0.15) is 5.82 Å². The summed E-state index contributed by atoms with van der Waals surface area (Å²) >= 11 is 1.63. The van der Waals surface area contributed by atoms with Crippen LogP contribution in [-0.4, -0.2) is 14.5 Å². The molecule has 21 heavy (non-hydrogen) atoms. The predicted molar refractivity (Wildman–Crippen MR) is 82.5 cm³/mol. The highest BCUT2D eigenvalue weighted by Gasteiger charge is 2.14. The van der Waals surface area contributed by atoms with Crippen LogP contribution in [0.25, 0.3) is 10.7 Å². The summed E-state index contributed by atoms with van der Waals surface area (Å²) < 4.78 is 2.01. The molecular formula is C15H13N3O2S. The number of nitro benzene ring substituents is 1. The van der Waals surface area contributed by atoms with Gasteiger partial charge >= 0.3 is 0 Å². The third-order valence-corrected chi connectivity index (χ3v) is 4.28. The lowest BCUT2D eigenvalue weighted by Crippen LogP contribution is -2.04. The molecule has 0 spiro atoms. The van der Waals surface area contributed by atoms with Crippen LogP contribution in [0.4, 0.5) is 5.69 Å². The van der Waals surface area contributed by atoms with E-state index in [4.69, 9.17) is 0 Å². The molecule has 6 heteroatoms. The first-order chi connectivity index (χ1) is 10.2. The fourth-order valence-electron chi connectivity index (χ4n) is 2.29. The Kier molecular flexibility index (Phi) is 3.53. The summed E-state index contributed by atoms with van der Waals surface area (Å²) in [4.78, 5) is 16.1. The lowest BCUT2D eigenvalue weighted by atomic mass is 10.1. The molecule has 106 valence electrons. The number of rotatable bonds is 4. The quantitative estimate of drug-likeness (QED) is 0.542. The summed E-state index contributed by atoms with van der Waals surface area (Å²) in [5.74, 6) is 0.885. The molecule has 0 aliphatic heterocycles. The van der Waals surface area contributed by atoms with Gasteiger partial charge in [-0.15, -0.1) is 11.3 Å². The van der Waals surface area contributed by atoms with E-state index < -0.39 is 0 Å². The molecule has 0 saturated heterocycles. The van der Waals surface area contributed by atoms with Crippen molar-refractivity contribution in [3.05, 3.63) is 69.3 Å². The molecule has 0 amide bonds. The minimum absolute atomic E-state index is 0.158. The van der Waals surface area contributed by atoms with Gasteiger partial charge in [0.2, 0.25) is 0 Å². The number of nitro groups is 1. The summed E-state index contributed by atoms with van der Waals surface area (Å²) in [7, 11) is 0. The van der Waals surface area contributed by atoms with Crippen LogP contribution in [0.5, 0.6) is 0 Å². The Balaban J connectivity index is 1.97. The van der Waals surface area contributed by atoms with Crippen molar-refractivity contribution < 1.29 is 4.92 Å². The van der Waals surface area contributed by atoms with E-state index in [0.717, 1.165) is 16.3 Å². The average Bonchev–Trinajstić information content (AvgIpc) is 3.11. The first-order valence-electron chi connectivity index (χ1n) is 6.44. The molecule has 2 aromatic heterocycles. The van der Waals surface area contributed by atoms with E-state index in [2.05, 4.69) is 4.98 Å². The highest BCUT2D eigenvalue weighted by molar-refractivity contribution is 7.13. The first kappa shape index (κ1) is 13.5. The fourth-order valence-corrected chi connectivity index (χ4v) is 3.03. The van der Waals surface area contributed by atoms with E-state index >= 15 is 0 Å². The van der Waals surface area contributed by atoms with Crippen molar-refractivity contribution in [2.24, 2.45) is 0 Å². The molecular weight excluding hydrogens is 286 g/mol. The van der Waals surface area contributed by atoms with Crippen molar-refractivity contribution in [3.8, 4) is 10.7 Å². The van der Waals surface area contributed by atoms with Crippen molar-refractivity contribution in [2.45, 2.75) is 13.5 Å². The molecule has 0 aliphatic rings. The Labute approximate surface area is 125 Å². The molecule has 2 heterocycles. The van der Waals surface area contributed by atoms with Gasteiger partial charge in [0.15, 0.2) is 0 Å². The van der Waals surface area contributed by atoms with Gasteiger partial charge in [-0.05, 0) is 23.9 Å². The number of hydrogen-bond acceptors (Lipinski definition) is 4. The summed E-state index contributed by atoms with van der Waals surface area (Å²) in [6, 6.07) is 9.18. The second-order valence-electron chi connectivity index (χ2n) is 4.67. The molecule has 0 unspecified atom stereocenters. The second-order valence-corrected chi connectivity index (χ2v) is 5.62. The van der Waals surface area contributed by atoms with E-state index in [0.29, 0.717) is 12.1 Å². The zero-order valence-electron chi connectivity index (χ0n) is 11.4. The topological polar surface area (TPSA) is 61.0 Å². The maximum Gasteiger partial charge on any atom is 0.272 e. The predicted octanol–water partition coefficient (Wildman–Crippen LogP) is 3.88. The maximum absolute atomic E-state index is 11.0. The Hall–Kier alpha value is -2.47. The monoisotopic (exact) mass is 299 g/mol. The smallest absolute Gasteiger partial charge is 0.272 e. The zero-order chi connectivity index (χ0) is 14.8. The summed E-state index contributed by atoms with van der Waals surface area (Å²) in [5.41, 5.74) is 1.79. The van der Waals surface area contributed by atoms with Crippen molar-refractivity contribution in [2.75, 3.05) is 0 Å². The zero-order valence-corrected chi connectivity index (χ0v) is 12.2. The van der Waals surface area contributed by atoms with E-state index in [1.165, 1.54) is 6.07 Å². The van der Waals surface area contributed by atoms with E-state index in [9.17, 15) is 10.1 Å². The van der Waals surface area contributed by atoms with Gasteiger partial charge in [-0.3, -0.25) is 10.1 Å². The van der Waals surface area contributed by atoms with Crippen LogP contribution in [0, 0.1) is 17.0 Å². The molecule has 0 N–H and O–H groups in total. The van der Waals surface area contributed by atoms with Gasteiger partial charge in [0, 0.05) is 30.6 Å². The largest absolute Gasteiger partial charge is 0.326 e. The van der Waals surface area contributed by atoms with Gasteiger partial charge in [0.05, 0.1) is 9.80 Å². The minimum atomic E-state index is -0.340. The third kappa shape index (κ3) is 2.57. The normalized spacial score (nSPS) is 10.7. The third-order valence-electron chi connectivity index (χ3n) is 3.41. The van der Waals surface area contributed by atoms with Crippen LogP contribution in [0.15, 0.2) is 48.1 Å². The first-order valence-corrected chi connectivity index (χ1v) is 7.32. The fraction of sp³-hybridized carbons (Fsp3) is 0.133. The van der Waals surface area contributed by atoms with Crippen LogP contribution >= 0.6 is 11.3 Å². The number of thiophene rings is 1. The minimum Gasteiger partial charge on any atom is -0.326 e. The molecule has 5 nitrogen and oxygen atoms in total. The molecule has 0 radical (unpaired) electrons. The molecule has 0 atom stereocenters. The summed E-state index contributed by atoms with van der Waals surface area (Å²) in [6.45, 7) is 2.36. The van der Waals surface area contributed by atoms with Crippen molar-refractivity contribution in [1.29, 1.82) is 0 Å². The van der Waals surface area contributed by atoms with Crippen LogP contribution in [0.1, 0.15) is 11.1 Å². The number of imidazole rings is 1. The van der Waals surface area contributed by atoms with Gasteiger partial charge < -0.3 is 4.57 Å². The molecule has 3 aromatic rings. The van der Waals surface area contributed by atoms with Gasteiger partial charge in [-0.25, -0.2) is 4.98 Å². The highest BCUT2D eigenvalue weighted by atomic mass is 32.1. The molecule has 0 bridgehead atoms. The number of aromatic nitrogens is 2. The van der Waals surface area contributed by atoms with Crippen LogP contribution < -0.4 is 0 Å². The van der Waals surface area contributed by atoms with Gasteiger partial charge in [-0.1, -0.05) is 18.2 Å². The lowest BCUT2D eigenvalue weighted by Gasteiger charge is -2.09. The Bertz CT molecular complexity index is 778. The Morgan fingerprint density at radius 1 is 1.33 bits per heavy atom. The second kappa shape index (κ2) is 5.49. The summed E-state index contributed by atoms with van der Waals surface area (Å²) in [5, 5.41) is 13.0. The summed E-state index contributed by atoms with van der Waals surface area (Å²) in [6.07, 6.45) is 3.65.